The minimum Gasteiger partial charge on any atom is -0.454 e. The summed E-state index contributed by atoms with van der Waals surface area (Å²) in [5.41, 5.74) is 8.06. The first kappa shape index (κ1) is 15.8. The zero-order valence-electron chi connectivity index (χ0n) is 16.2. The van der Waals surface area contributed by atoms with Crippen molar-refractivity contribution in [3.05, 3.63) is 84.7 Å². The number of fused-ring (bicyclic) bond motifs is 8. The van der Waals surface area contributed by atoms with Crippen LogP contribution in [0.2, 0.25) is 0 Å². The van der Waals surface area contributed by atoms with Crippen LogP contribution in [-0.2, 0) is 0 Å². The van der Waals surface area contributed by atoms with Gasteiger partial charge in [0.1, 0.15) is 5.58 Å². The number of rotatable bonds is 1. The average molecular weight is 388 g/mol. The second kappa shape index (κ2) is 5.48. The van der Waals surface area contributed by atoms with Crippen molar-refractivity contribution >= 4 is 49.8 Å². The highest BCUT2D eigenvalue weighted by Crippen LogP contribution is 2.33. The molecule has 0 saturated carbocycles. The molecule has 5 heteroatoms. The van der Waals surface area contributed by atoms with Crippen LogP contribution in [0.1, 0.15) is 5.69 Å². The minimum absolute atomic E-state index is 0.807. The van der Waals surface area contributed by atoms with E-state index < -0.39 is 0 Å². The van der Waals surface area contributed by atoms with E-state index >= 15 is 0 Å². The molecule has 5 nitrogen and oxygen atoms in total. The van der Waals surface area contributed by atoms with Gasteiger partial charge < -0.3 is 4.42 Å². The van der Waals surface area contributed by atoms with Crippen molar-refractivity contribution in [3.8, 4) is 5.69 Å². The van der Waals surface area contributed by atoms with Gasteiger partial charge >= 0.3 is 0 Å². The van der Waals surface area contributed by atoms with E-state index in [4.69, 9.17) is 9.40 Å². The monoisotopic (exact) mass is 388 g/mol. The molecular formula is C25H16N4O. The van der Waals surface area contributed by atoms with E-state index in [0.29, 0.717) is 0 Å². The predicted molar refractivity (Wildman–Crippen MR) is 119 cm³/mol. The summed E-state index contributed by atoms with van der Waals surface area (Å²) in [6, 6.07) is 25.1. The number of pyridine rings is 1. The lowest BCUT2D eigenvalue weighted by molar-refractivity contribution is 0.666. The third-order valence-electron chi connectivity index (χ3n) is 5.84. The predicted octanol–water partition coefficient (Wildman–Crippen LogP) is 6.03. The fourth-order valence-corrected chi connectivity index (χ4v) is 4.52. The highest BCUT2D eigenvalue weighted by molar-refractivity contribution is 6.05. The van der Waals surface area contributed by atoms with Crippen LogP contribution < -0.4 is 0 Å². The van der Waals surface area contributed by atoms with Gasteiger partial charge in [-0.05, 0) is 55.5 Å². The van der Waals surface area contributed by atoms with Crippen LogP contribution in [0, 0.1) is 6.92 Å². The first-order valence-electron chi connectivity index (χ1n) is 9.94. The Morgan fingerprint density at radius 1 is 0.767 bits per heavy atom. The Morgan fingerprint density at radius 3 is 2.43 bits per heavy atom. The molecule has 0 amide bonds. The van der Waals surface area contributed by atoms with Gasteiger partial charge in [0, 0.05) is 16.5 Å². The molecule has 3 aromatic carbocycles. The molecule has 0 saturated heterocycles. The summed E-state index contributed by atoms with van der Waals surface area (Å²) >= 11 is 0. The van der Waals surface area contributed by atoms with Crippen LogP contribution in [0.5, 0.6) is 0 Å². The van der Waals surface area contributed by atoms with E-state index in [0.717, 1.165) is 61.2 Å². The van der Waals surface area contributed by atoms with Gasteiger partial charge in [-0.1, -0.05) is 24.3 Å². The van der Waals surface area contributed by atoms with Crippen molar-refractivity contribution in [2.75, 3.05) is 0 Å². The van der Waals surface area contributed by atoms with Crippen molar-refractivity contribution < 1.29 is 4.42 Å². The Labute approximate surface area is 170 Å². The van der Waals surface area contributed by atoms with Crippen LogP contribution >= 0.6 is 0 Å². The summed E-state index contributed by atoms with van der Waals surface area (Å²) in [4.78, 5) is 9.33. The highest BCUT2D eigenvalue weighted by atomic mass is 16.3. The summed E-state index contributed by atoms with van der Waals surface area (Å²) in [6.45, 7) is 2.00. The molecule has 7 aromatic rings. The number of nitrogens with zero attached hydrogens (tertiary/aromatic N) is 4. The van der Waals surface area contributed by atoms with Crippen molar-refractivity contribution in [3.63, 3.8) is 0 Å². The van der Waals surface area contributed by atoms with Gasteiger partial charge in [0.05, 0.1) is 34.0 Å². The molecule has 142 valence electrons. The van der Waals surface area contributed by atoms with Crippen LogP contribution in [0.15, 0.2) is 83.4 Å². The second-order valence-corrected chi connectivity index (χ2v) is 7.66. The molecule has 7 rings (SSSR count). The molecule has 0 radical (unpaired) electrons. The van der Waals surface area contributed by atoms with Gasteiger partial charge in [-0.2, -0.15) is 0 Å². The molecule has 0 bridgehead atoms. The van der Waals surface area contributed by atoms with E-state index in [-0.39, 0.29) is 0 Å². The zero-order chi connectivity index (χ0) is 19.8. The molecule has 0 aliphatic carbocycles. The molecule has 4 aromatic heterocycles. The molecule has 0 aliphatic rings. The van der Waals surface area contributed by atoms with E-state index in [1.54, 1.807) is 6.20 Å². The zero-order valence-corrected chi connectivity index (χ0v) is 16.2. The lowest BCUT2D eigenvalue weighted by Gasteiger charge is -2.05. The van der Waals surface area contributed by atoms with Gasteiger partial charge in [-0.25, -0.2) is 4.98 Å². The fraction of sp³-hybridized carbons (Fsp3) is 0.0400. The summed E-state index contributed by atoms with van der Waals surface area (Å²) in [7, 11) is 0. The molecule has 4 heterocycles. The van der Waals surface area contributed by atoms with Gasteiger partial charge in [0.15, 0.2) is 5.58 Å². The number of hydrogen-bond donors (Lipinski definition) is 0. The normalized spacial score (nSPS) is 12.2. The van der Waals surface area contributed by atoms with Crippen molar-refractivity contribution in [2.45, 2.75) is 6.92 Å². The van der Waals surface area contributed by atoms with Gasteiger partial charge in [-0.3, -0.25) is 14.0 Å². The van der Waals surface area contributed by atoms with E-state index in [1.807, 2.05) is 19.1 Å². The van der Waals surface area contributed by atoms with E-state index in [1.165, 1.54) is 0 Å². The molecule has 0 fully saturated rings. The standard InChI is InChI=1S/C25H16N4O/c1-15-12-17-18-13-16(10-11-23(18)30-24(17)14-26-15)28-21-8-4-5-9-22(21)29-20-7-3-2-6-19(20)27-25(28)29/h2-14H,1H3. The van der Waals surface area contributed by atoms with Crippen molar-refractivity contribution in [1.82, 2.24) is 18.9 Å². The number of imidazole rings is 2. The van der Waals surface area contributed by atoms with E-state index in [9.17, 15) is 0 Å². The highest BCUT2D eigenvalue weighted by Gasteiger charge is 2.17. The molecule has 0 N–H and O–H groups in total. The Balaban J connectivity index is 1.63. The van der Waals surface area contributed by atoms with Crippen LogP contribution in [-0.4, -0.2) is 18.9 Å². The molecule has 30 heavy (non-hydrogen) atoms. The van der Waals surface area contributed by atoms with Crippen molar-refractivity contribution in [2.24, 2.45) is 0 Å². The lowest BCUT2D eigenvalue weighted by atomic mass is 10.1. The van der Waals surface area contributed by atoms with Crippen LogP contribution in [0.25, 0.3) is 55.5 Å². The summed E-state index contributed by atoms with van der Waals surface area (Å²) in [6.07, 6.45) is 1.80. The average Bonchev–Trinajstić information content (AvgIpc) is 3.41. The first-order chi connectivity index (χ1) is 14.8. The molecule has 0 unspecified atom stereocenters. The van der Waals surface area contributed by atoms with Gasteiger partial charge in [0.2, 0.25) is 5.78 Å². The molecule has 0 spiro atoms. The molecule has 0 aliphatic heterocycles. The van der Waals surface area contributed by atoms with Crippen molar-refractivity contribution in [1.29, 1.82) is 0 Å². The maximum absolute atomic E-state index is 6.01. The summed E-state index contributed by atoms with van der Waals surface area (Å²) in [5.74, 6) is 0.905. The van der Waals surface area contributed by atoms with Gasteiger partial charge in [0.25, 0.3) is 0 Å². The van der Waals surface area contributed by atoms with Crippen LogP contribution in [0.3, 0.4) is 0 Å². The summed E-state index contributed by atoms with van der Waals surface area (Å²) < 4.78 is 10.5. The first-order valence-corrected chi connectivity index (χ1v) is 9.94. The second-order valence-electron chi connectivity index (χ2n) is 7.66. The Bertz CT molecular complexity index is 1770. The Kier molecular flexibility index (Phi) is 2.88. The lowest BCUT2D eigenvalue weighted by Crippen LogP contribution is -1.94. The maximum atomic E-state index is 6.01. The van der Waals surface area contributed by atoms with E-state index in [2.05, 4.69) is 74.6 Å². The smallest absolute Gasteiger partial charge is 0.220 e. The largest absolute Gasteiger partial charge is 0.454 e. The SMILES string of the molecule is Cc1cc2c(cn1)oc1ccc(-n3c4ccccc4n4c5ccccc5nc34)cc12. The summed E-state index contributed by atoms with van der Waals surface area (Å²) in [5, 5.41) is 2.17. The minimum atomic E-state index is 0.807. The number of para-hydroxylation sites is 4. The Morgan fingerprint density at radius 2 is 1.53 bits per heavy atom. The molecular weight excluding hydrogens is 372 g/mol. The number of aromatic nitrogens is 4. The number of aryl methyl sites for hydroxylation is 1. The molecule has 0 atom stereocenters. The quantitative estimate of drug-likeness (QED) is 0.345. The van der Waals surface area contributed by atoms with Crippen LogP contribution in [0.4, 0.5) is 0 Å². The number of furan rings is 1. The third kappa shape index (κ3) is 1.96. The van der Waals surface area contributed by atoms with Gasteiger partial charge in [-0.15, -0.1) is 0 Å². The fourth-order valence-electron chi connectivity index (χ4n) is 4.52. The maximum Gasteiger partial charge on any atom is 0.220 e. The third-order valence-corrected chi connectivity index (χ3v) is 5.84. The number of hydrogen-bond acceptors (Lipinski definition) is 3. The topological polar surface area (TPSA) is 48.3 Å². The Hall–Kier alpha value is -4.12. The number of benzene rings is 3.